The maximum Gasteiger partial charge on any atom is 0.0638 e. The molecule has 1 fully saturated rings. The van der Waals surface area contributed by atoms with Crippen LogP contribution in [0, 0.1) is 6.92 Å². The average Bonchev–Trinajstić information content (AvgIpc) is 2.90. The van der Waals surface area contributed by atoms with Crippen LogP contribution in [0.4, 0.5) is 0 Å². The van der Waals surface area contributed by atoms with E-state index in [0.717, 1.165) is 12.2 Å². The Balaban J connectivity index is 1.94. The van der Waals surface area contributed by atoms with Gasteiger partial charge in [0.2, 0.25) is 0 Å². The quantitative estimate of drug-likeness (QED) is 0.834. The molecule has 1 aliphatic heterocycles. The number of aryl methyl sites for hydroxylation is 2. The molecule has 1 atom stereocenters. The summed E-state index contributed by atoms with van der Waals surface area (Å²) in [6.45, 7) is 8.93. The average molecular weight is 250 g/mol. The summed E-state index contributed by atoms with van der Waals surface area (Å²) in [6.07, 6.45) is 6.02. The lowest BCUT2D eigenvalue weighted by Gasteiger charge is -2.25. The van der Waals surface area contributed by atoms with E-state index in [1.807, 2.05) is 11.7 Å². The minimum Gasteiger partial charge on any atom is -0.313 e. The molecular formula is C14H26N4. The molecule has 2 heterocycles. The molecule has 0 radical (unpaired) electrons. The van der Waals surface area contributed by atoms with Crippen molar-refractivity contribution in [2.75, 3.05) is 19.6 Å². The van der Waals surface area contributed by atoms with E-state index < -0.39 is 0 Å². The molecule has 4 heteroatoms. The van der Waals surface area contributed by atoms with Gasteiger partial charge in [0.15, 0.2) is 0 Å². The third-order valence-electron chi connectivity index (χ3n) is 3.69. The van der Waals surface area contributed by atoms with Crippen LogP contribution in [-0.2, 0) is 13.6 Å². The number of nitrogens with one attached hydrogen (secondary N) is 1. The van der Waals surface area contributed by atoms with Crippen LogP contribution < -0.4 is 5.32 Å². The van der Waals surface area contributed by atoms with Crippen LogP contribution in [0.25, 0.3) is 0 Å². The second-order valence-corrected chi connectivity index (χ2v) is 5.44. The van der Waals surface area contributed by atoms with E-state index in [1.165, 1.54) is 44.5 Å². The first kappa shape index (κ1) is 13.6. The van der Waals surface area contributed by atoms with E-state index >= 15 is 0 Å². The predicted molar refractivity (Wildman–Crippen MR) is 74.5 cm³/mol. The van der Waals surface area contributed by atoms with Gasteiger partial charge in [-0.05, 0) is 39.3 Å². The van der Waals surface area contributed by atoms with E-state index in [2.05, 4.69) is 35.4 Å². The molecule has 0 aromatic carbocycles. The van der Waals surface area contributed by atoms with Crippen molar-refractivity contribution in [3.8, 4) is 0 Å². The molecule has 1 aromatic heterocycles. The Hall–Kier alpha value is -0.870. The third-order valence-corrected chi connectivity index (χ3v) is 3.69. The molecule has 1 N–H and O–H groups in total. The topological polar surface area (TPSA) is 33.1 Å². The summed E-state index contributed by atoms with van der Waals surface area (Å²) in [5.41, 5.74) is 2.53. The third kappa shape index (κ3) is 3.56. The van der Waals surface area contributed by atoms with Gasteiger partial charge in [-0.3, -0.25) is 9.58 Å². The monoisotopic (exact) mass is 250 g/mol. The lowest BCUT2D eigenvalue weighted by atomic mass is 10.2. The first-order valence-electron chi connectivity index (χ1n) is 7.14. The van der Waals surface area contributed by atoms with Gasteiger partial charge < -0.3 is 5.32 Å². The summed E-state index contributed by atoms with van der Waals surface area (Å²) in [7, 11) is 2.00. The smallest absolute Gasteiger partial charge is 0.0638 e. The second kappa shape index (κ2) is 6.34. The highest BCUT2D eigenvalue weighted by atomic mass is 15.3. The number of rotatable bonds is 6. The SMILES string of the molecule is CCCN(Cc1cn(C)nc1C)CC1CCCN1. The van der Waals surface area contributed by atoms with Crippen molar-refractivity contribution >= 4 is 0 Å². The maximum absolute atomic E-state index is 4.43. The van der Waals surface area contributed by atoms with Gasteiger partial charge in [-0.2, -0.15) is 5.10 Å². The summed E-state index contributed by atoms with van der Waals surface area (Å²) < 4.78 is 1.92. The van der Waals surface area contributed by atoms with Crippen molar-refractivity contribution in [2.24, 2.45) is 7.05 Å². The van der Waals surface area contributed by atoms with Crippen LogP contribution in [0.1, 0.15) is 37.4 Å². The first-order valence-corrected chi connectivity index (χ1v) is 7.14. The minimum atomic E-state index is 0.688. The molecule has 102 valence electrons. The van der Waals surface area contributed by atoms with Crippen molar-refractivity contribution in [1.82, 2.24) is 20.0 Å². The summed E-state index contributed by atoms with van der Waals surface area (Å²) in [6, 6.07) is 0.688. The normalized spacial score (nSPS) is 19.9. The number of hydrogen-bond acceptors (Lipinski definition) is 3. The van der Waals surface area contributed by atoms with Crippen LogP contribution in [-0.4, -0.2) is 40.4 Å². The van der Waals surface area contributed by atoms with Gasteiger partial charge in [-0.25, -0.2) is 0 Å². The molecule has 0 bridgehead atoms. The highest BCUT2D eigenvalue weighted by Gasteiger charge is 2.18. The van der Waals surface area contributed by atoms with Gasteiger partial charge >= 0.3 is 0 Å². The van der Waals surface area contributed by atoms with E-state index in [1.54, 1.807) is 0 Å². The molecular weight excluding hydrogens is 224 g/mol. The summed E-state index contributed by atoms with van der Waals surface area (Å²) >= 11 is 0. The largest absolute Gasteiger partial charge is 0.313 e. The van der Waals surface area contributed by atoms with E-state index in [9.17, 15) is 0 Å². The highest BCUT2D eigenvalue weighted by Crippen LogP contribution is 2.12. The fourth-order valence-electron chi connectivity index (χ4n) is 2.82. The van der Waals surface area contributed by atoms with Crippen molar-refractivity contribution in [2.45, 2.75) is 45.7 Å². The van der Waals surface area contributed by atoms with Crippen molar-refractivity contribution in [3.63, 3.8) is 0 Å². The summed E-state index contributed by atoms with van der Waals surface area (Å²) in [4.78, 5) is 2.56. The Morgan fingerprint density at radius 3 is 2.94 bits per heavy atom. The molecule has 0 amide bonds. The Morgan fingerprint density at radius 2 is 2.39 bits per heavy atom. The summed E-state index contributed by atoms with van der Waals surface area (Å²) in [5.74, 6) is 0. The van der Waals surface area contributed by atoms with Crippen LogP contribution in [0.15, 0.2) is 6.20 Å². The Morgan fingerprint density at radius 1 is 1.56 bits per heavy atom. The summed E-state index contributed by atoms with van der Waals surface area (Å²) in [5, 5.41) is 8.02. The molecule has 1 aliphatic rings. The molecule has 1 saturated heterocycles. The van der Waals surface area contributed by atoms with E-state index in [0.29, 0.717) is 6.04 Å². The minimum absolute atomic E-state index is 0.688. The lowest BCUT2D eigenvalue weighted by Crippen LogP contribution is -2.37. The molecule has 0 spiro atoms. The Bertz CT molecular complexity index is 366. The lowest BCUT2D eigenvalue weighted by molar-refractivity contribution is 0.241. The molecule has 4 nitrogen and oxygen atoms in total. The van der Waals surface area contributed by atoms with Gasteiger partial charge in [0.05, 0.1) is 5.69 Å². The molecule has 2 rings (SSSR count). The zero-order valence-electron chi connectivity index (χ0n) is 11.9. The van der Waals surface area contributed by atoms with Crippen molar-refractivity contribution in [3.05, 3.63) is 17.5 Å². The number of hydrogen-bond donors (Lipinski definition) is 1. The maximum atomic E-state index is 4.43. The van der Waals surface area contributed by atoms with Crippen LogP contribution in [0.2, 0.25) is 0 Å². The molecule has 18 heavy (non-hydrogen) atoms. The van der Waals surface area contributed by atoms with Crippen molar-refractivity contribution in [1.29, 1.82) is 0 Å². The van der Waals surface area contributed by atoms with Gasteiger partial charge in [-0.15, -0.1) is 0 Å². The predicted octanol–water partition coefficient (Wildman–Crippen LogP) is 1.69. The zero-order chi connectivity index (χ0) is 13.0. The van der Waals surface area contributed by atoms with Gasteiger partial charge in [0.1, 0.15) is 0 Å². The van der Waals surface area contributed by atoms with E-state index in [-0.39, 0.29) is 0 Å². The molecule has 1 unspecified atom stereocenters. The standard InChI is InChI=1S/C14H26N4/c1-4-8-18(11-14-6-5-7-15-14)10-13-9-17(3)16-12(13)2/h9,14-15H,4-8,10-11H2,1-3H3. The Kier molecular flexibility index (Phi) is 4.78. The fourth-order valence-corrected chi connectivity index (χ4v) is 2.82. The molecule has 0 aliphatic carbocycles. The Labute approximate surface area is 110 Å². The van der Waals surface area contributed by atoms with Gasteiger partial charge in [0, 0.05) is 37.9 Å². The van der Waals surface area contributed by atoms with Crippen molar-refractivity contribution < 1.29 is 0 Å². The zero-order valence-corrected chi connectivity index (χ0v) is 11.9. The highest BCUT2D eigenvalue weighted by molar-refractivity contribution is 5.15. The first-order chi connectivity index (χ1) is 8.69. The van der Waals surface area contributed by atoms with Gasteiger partial charge in [0.25, 0.3) is 0 Å². The molecule has 1 aromatic rings. The van der Waals surface area contributed by atoms with Crippen LogP contribution >= 0.6 is 0 Å². The second-order valence-electron chi connectivity index (χ2n) is 5.44. The van der Waals surface area contributed by atoms with Crippen LogP contribution in [0.3, 0.4) is 0 Å². The van der Waals surface area contributed by atoms with Crippen LogP contribution in [0.5, 0.6) is 0 Å². The number of nitrogens with zero attached hydrogens (tertiary/aromatic N) is 3. The molecule has 0 saturated carbocycles. The number of aromatic nitrogens is 2. The fraction of sp³-hybridized carbons (Fsp3) is 0.786. The van der Waals surface area contributed by atoms with E-state index in [4.69, 9.17) is 0 Å². The van der Waals surface area contributed by atoms with Gasteiger partial charge in [-0.1, -0.05) is 6.92 Å².